The largest absolute Gasteiger partial charge is 0.340 e. The zero-order valence-electron chi connectivity index (χ0n) is 18.0. The van der Waals surface area contributed by atoms with Crippen LogP contribution in [-0.2, 0) is 17.9 Å². The summed E-state index contributed by atoms with van der Waals surface area (Å²) in [5, 5.41) is 1.52. The lowest BCUT2D eigenvalue weighted by Gasteiger charge is -2.12. The van der Waals surface area contributed by atoms with Crippen molar-refractivity contribution in [2.24, 2.45) is 0 Å². The average molecular weight is 473 g/mol. The molecule has 0 bridgehead atoms. The quantitative estimate of drug-likeness (QED) is 0.297. The van der Waals surface area contributed by atoms with E-state index in [0.717, 1.165) is 50.1 Å². The summed E-state index contributed by atoms with van der Waals surface area (Å²) in [6.07, 6.45) is 1.86. The Morgan fingerprint density at radius 2 is 1.58 bits per heavy atom. The third-order valence-electron chi connectivity index (χ3n) is 5.90. The molecule has 1 saturated heterocycles. The van der Waals surface area contributed by atoms with Gasteiger partial charge in [-0.3, -0.25) is 14.5 Å². The number of hydrogen-bond donors (Lipinski definition) is 0. The molecule has 5 rings (SSSR count). The fraction of sp³-hybridized carbons (Fsp3) is 0.111. The number of halogens is 1. The van der Waals surface area contributed by atoms with Crippen LogP contribution in [0.5, 0.6) is 0 Å². The number of carbonyl (C=O) groups is 2. The first kappa shape index (κ1) is 21.6. The van der Waals surface area contributed by atoms with Gasteiger partial charge in [-0.05, 0) is 48.0 Å². The van der Waals surface area contributed by atoms with Crippen molar-refractivity contribution in [2.75, 3.05) is 0 Å². The van der Waals surface area contributed by atoms with E-state index >= 15 is 0 Å². The summed E-state index contributed by atoms with van der Waals surface area (Å²) in [6.45, 7) is 2.93. The molecule has 1 aliphatic rings. The Labute approximate surface area is 201 Å². The normalized spacial score (nSPS) is 15.2. The van der Waals surface area contributed by atoms with E-state index in [1.807, 2.05) is 85.8 Å². The average Bonchev–Trinajstić information content (AvgIpc) is 3.24. The van der Waals surface area contributed by atoms with Gasteiger partial charge in [-0.1, -0.05) is 78.3 Å². The lowest BCUT2D eigenvalue weighted by Crippen LogP contribution is -2.27. The van der Waals surface area contributed by atoms with Crippen LogP contribution in [0.4, 0.5) is 4.79 Å². The molecule has 1 aromatic heterocycles. The highest BCUT2D eigenvalue weighted by molar-refractivity contribution is 8.18. The van der Waals surface area contributed by atoms with E-state index < -0.39 is 0 Å². The fourth-order valence-electron chi connectivity index (χ4n) is 4.17. The minimum Gasteiger partial charge on any atom is -0.340 e. The number of para-hydroxylation sites is 1. The minimum absolute atomic E-state index is 0.243. The van der Waals surface area contributed by atoms with Crippen LogP contribution in [0.2, 0.25) is 5.02 Å². The van der Waals surface area contributed by atoms with Crippen LogP contribution >= 0.6 is 23.4 Å². The number of amides is 2. The number of rotatable bonds is 5. The molecule has 4 nitrogen and oxygen atoms in total. The van der Waals surface area contributed by atoms with Gasteiger partial charge in [0.25, 0.3) is 11.1 Å². The predicted molar refractivity (Wildman–Crippen MR) is 135 cm³/mol. The number of hydrogen-bond acceptors (Lipinski definition) is 3. The Morgan fingerprint density at radius 3 is 2.36 bits per heavy atom. The van der Waals surface area contributed by atoms with E-state index in [1.54, 1.807) is 0 Å². The monoisotopic (exact) mass is 472 g/mol. The van der Waals surface area contributed by atoms with Gasteiger partial charge in [-0.25, -0.2) is 0 Å². The molecule has 6 heteroatoms. The van der Waals surface area contributed by atoms with E-state index in [-0.39, 0.29) is 17.7 Å². The molecule has 1 aliphatic heterocycles. The molecule has 0 spiro atoms. The Hall–Kier alpha value is -3.28. The highest BCUT2D eigenvalue weighted by Gasteiger charge is 2.35. The Bertz CT molecular complexity index is 1410. The first-order valence-electron chi connectivity index (χ1n) is 10.6. The maximum Gasteiger partial charge on any atom is 0.293 e. The number of thioether (sulfide) groups is 1. The number of benzene rings is 3. The second-order valence-electron chi connectivity index (χ2n) is 7.95. The van der Waals surface area contributed by atoms with Gasteiger partial charge in [0.2, 0.25) is 0 Å². The van der Waals surface area contributed by atoms with Gasteiger partial charge < -0.3 is 4.57 Å². The van der Waals surface area contributed by atoms with E-state index in [9.17, 15) is 9.59 Å². The van der Waals surface area contributed by atoms with E-state index in [1.165, 1.54) is 4.90 Å². The smallest absolute Gasteiger partial charge is 0.293 e. The summed E-state index contributed by atoms with van der Waals surface area (Å²) in [5.74, 6) is -0.254. The topological polar surface area (TPSA) is 42.3 Å². The fourth-order valence-corrected chi connectivity index (χ4v) is 5.19. The summed E-state index contributed by atoms with van der Waals surface area (Å²) in [4.78, 5) is 27.5. The van der Waals surface area contributed by atoms with E-state index in [2.05, 4.69) is 10.6 Å². The first-order chi connectivity index (χ1) is 16.0. The Morgan fingerprint density at radius 1 is 0.879 bits per heavy atom. The van der Waals surface area contributed by atoms with Crippen LogP contribution < -0.4 is 0 Å². The lowest BCUT2D eigenvalue weighted by atomic mass is 10.1. The van der Waals surface area contributed by atoms with Crippen LogP contribution in [0.15, 0.2) is 83.8 Å². The molecule has 0 aliphatic carbocycles. The van der Waals surface area contributed by atoms with Crippen molar-refractivity contribution in [3.05, 3.63) is 111 Å². The first-order valence-corrected chi connectivity index (χ1v) is 11.8. The van der Waals surface area contributed by atoms with E-state index in [4.69, 9.17) is 11.6 Å². The van der Waals surface area contributed by atoms with Crippen LogP contribution in [-0.4, -0.2) is 20.6 Å². The lowest BCUT2D eigenvalue weighted by molar-refractivity contribution is -0.123. The van der Waals surface area contributed by atoms with Crippen molar-refractivity contribution in [1.29, 1.82) is 0 Å². The standard InChI is InChI=1S/C27H21ClN2O2S/c1-18-22(15-25-26(31)30(27(32)33-25)16-19-9-3-2-4-10-19)21-12-6-8-14-24(21)29(18)17-20-11-5-7-13-23(20)28/h2-15H,16-17H2,1H3/b25-15-. The van der Waals surface area contributed by atoms with Gasteiger partial charge >= 0.3 is 0 Å². The number of imide groups is 1. The molecule has 0 saturated carbocycles. The third-order valence-corrected chi connectivity index (χ3v) is 7.17. The number of carbonyl (C=O) groups excluding carboxylic acids is 2. The van der Waals surface area contributed by atoms with Crippen LogP contribution in [0, 0.1) is 6.92 Å². The van der Waals surface area contributed by atoms with Gasteiger partial charge in [-0.15, -0.1) is 0 Å². The summed E-state index contributed by atoms with van der Waals surface area (Å²) < 4.78 is 2.20. The van der Waals surface area contributed by atoms with Gasteiger partial charge in [0.15, 0.2) is 0 Å². The van der Waals surface area contributed by atoms with Crippen LogP contribution in [0.25, 0.3) is 17.0 Å². The van der Waals surface area contributed by atoms with Gasteiger partial charge in [-0.2, -0.15) is 0 Å². The van der Waals surface area contributed by atoms with Gasteiger partial charge in [0.1, 0.15) is 0 Å². The van der Waals surface area contributed by atoms with Gasteiger partial charge in [0, 0.05) is 33.7 Å². The number of fused-ring (bicyclic) bond motifs is 1. The third kappa shape index (κ3) is 4.10. The maximum atomic E-state index is 13.1. The zero-order chi connectivity index (χ0) is 22.9. The van der Waals surface area contributed by atoms with Crippen LogP contribution in [0.3, 0.4) is 0 Å². The molecule has 3 aromatic carbocycles. The van der Waals surface area contributed by atoms with Crippen molar-refractivity contribution >= 4 is 51.5 Å². The molecule has 33 heavy (non-hydrogen) atoms. The molecule has 164 valence electrons. The predicted octanol–water partition coefficient (Wildman–Crippen LogP) is 6.89. The Balaban J connectivity index is 1.53. The summed E-state index contributed by atoms with van der Waals surface area (Å²) in [5.41, 5.74) is 4.98. The van der Waals surface area contributed by atoms with Crippen molar-refractivity contribution in [3.8, 4) is 0 Å². The molecule has 0 N–H and O–H groups in total. The molecule has 4 aromatic rings. The second kappa shape index (κ2) is 8.93. The highest BCUT2D eigenvalue weighted by atomic mass is 35.5. The van der Waals surface area contributed by atoms with E-state index in [0.29, 0.717) is 11.4 Å². The molecular formula is C27H21ClN2O2S. The van der Waals surface area contributed by atoms with Crippen molar-refractivity contribution in [2.45, 2.75) is 20.0 Å². The summed E-state index contributed by atoms with van der Waals surface area (Å²) in [7, 11) is 0. The summed E-state index contributed by atoms with van der Waals surface area (Å²) in [6, 6.07) is 25.5. The molecule has 0 atom stereocenters. The Kier molecular flexibility index (Phi) is 5.83. The van der Waals surface area contributed by atoms with Gasteiger partial charge in [0.05, 0.1) is 11.4 Å². The molecule has 2 amide bonds. The molecule has 2 heterocycles. The number of aromatic nitrogens is 1. The second-order valence-corrected chi connectivity index (χ2v) is 9.35. The molecule has 1 fully saturated rings. The van der Waals surface area contributed by atoms with Crippen molar-refractivity contribution in [1.82, 2.24) is 9.47 Å². The van der Waals surface area contributed by atoms with Crippen LogP contribution in [0.1, 0.15) is 22.4 Å². The molecule has 0 radical (unpaired) electrons. The van der Waals surface area contributed by atoms with Crippen molar-refractivity contribution in [3.63, 3.8) is 0 Å². The van der Waals surface area contributed by atoms with Crippen molar-refractivity contribution < 1.29 is 9.59 Å². The summed E-state index contributed by atoms with van der Waals surface area (Å²) >= 11 is 7.42. The minimum atomic E-state index is -0.254. The zero-order valence-corrected chi connectivity index (χ0v) is 19.6. The maximum absolute atomic E-state index is 13.1. The molecular weight excluding hydrogens is 452 g/mol. The SMILES string of the molecule is Cc1c(/C=C2\SC(=O)N(Cc3ccccc3)C2=O)c2ccccc2n1Cc1ccccc1Cl. The molecule has 0 unspecified atom stereocenters. The highest BCUT2D eigenvalue weighted by Crippen LogP contribution is 2.36. The number of nitrogens with zero attached hydrogens (tertiary/aromatic N) is 2.